The number of ketones is 1. The second-order valence-corrected chi connectivity index (χ2v) is 10.4. The lowest BCUT2D eigenvalue weighted by atomic mass is 9.71. The van der Waals surface area contributed by atoms with Gasteiger partial charge in [0.15, 0.2) is 28.8 Å². The van der Waals surface area contributed by atoms with Crippen LogP contribution in [0.5, 0.6) is 23.0 Å². The van der Waals surface area contributed by atoms with Gasteiger partial charge in [-0.2, -0.15) is 0 Å². The molecule has 0 unspecified atom stereocenters. The van der Waals surface area contributed by atoms with E-state index in [1.807, 2.05) is 38.1 Å². The standard InChI is InChI=1S/C30H34BrNO7/c1-7-10-39-30(34)27-16(2)32-21-11-18(17-8-9-23(35-3)24(13-17)36-4)12-22(33)29(21)28(27)19-14-25(37-5)26(38-6)15-20(19)31/h8-9,13-15,18,28,32H,7,10-12H2,1-6H3/t18-,28+/m1/s1. The van der Waals surface area contributed by atoms with E-state index in [1.54, 1.807) is 34.5 Å². The molecule has 4 rings (SSSR count). The summed E-state index contributed by atoms with van der Waals surface area (Å²) in [4.78, 5) is 27.3. The van der Waals surface area contributed by atoms with Crippen LogP contribution in [0.25, 0.3) is 0 Å². The average molecular weight is 601 g/mol. The third kappa shape index (κ3) is 5.50. The van der Waals surface area contributed by atoms with Crippen molar-refractivity contribution in [3.63, 3.8) is 0 Å². The van der Waals surface area contributed by atoms with Crippen molar-refractivity contribution in [1.82, 2.24) is 5.32 Å². The fourth-order valence-corrected chi connectivity index (χ4v) is 5.88. The van der Waals surface area contributed by atoms with Crippen molar-refractivity contribution in [3.8, 4) is 23.0 Å². The van der Waals surface area contributed by atoms with Crippen LogP contribution in [0, 0.1) is 0 Å². The number of esters is 1. The van der Waals surface area contributed by atoms with E-state index in [2.05, 4.69) is 21.2 Å². The van der Waals surface area contributed by atoms with Gasteiger partial charge in [-0.05, 0) is 61.1 Å². The van der Waals surface area contributed by atoms with Gasteiger partial charge >= 0.3 is 5.97 Å². The Bertz CT molecular complexity index is 1350. The minimum absolute atomic E-state index is 0.0384. The molecule has 208 valence electrons. The van der Waals surface area contributed by atoms with Crippen LogP contribution in [-0.2, 0) is 14.3 Å². The number of ether oxygens (including phenoxy) is 5. The van der Waals surface area contributed by atoms with E-state index >= 15 is 0 Å². The predicted octanol–water partition coefficient (Wildman–Crippen LogP) is 5.80. The highest BCUT2D eigenvalue weighted by atomic mass is 79.9. The molecule has 0 radical (unpaired) electrons. The molecule has 0 saturated heterocycles. The monoisotopic (exact) mass is 599 g/mol. The lowest BCUT2D eigenvalue weighted by Crippen LogP contribution is -2.36. The minimum atomic E-state index is -0.640. The molecule has 0 fully saturated rings. The van der Waals surface area contributed by atoms with Gasteiger partial charge in [-0.15, -0.1) is 0 Å². The third-order valence-corrected chi connectivity index (χ3v) is 7.86. The normalized spacial score (nSPS) is 18.8. The topological polar surface area (TPSA) is 92.3 Å². The Balaban J connectivity index is 1.83. The number of carbonyl (C=O) groups excluding carboxylic acids is 2. The van der Waals surface area contributed by atoms with Gasteiger partial charge < -0.3 is 29.0 Å². The summed E-state index contributed by atoms with van der Waals surface area (Å²) in [6, 6.07) is 9.35. The van der Waals surface area contributed by atoms with E-state index in [4.69, 9.17) is 23.7 Å². The number of hydrogen-bond acceptors (Lipinski definition) is 8. The maximum Gasteiger partial charge on any atom is 0.336 e. The molecule has 2 aliphatic rings. The number of hydrogen-bond donors (Lipinski definition) is 1. The number of benzene rings is 2. The lowest BCUT2D eigenvalue weighted by molar-refractivity contribution is -0.139. The zero-order chi connectivity index (χ0) is 28.3. The van der Waals surface area contributed by atoms with E-state index in [-0.39, 0.29) is 24.7 Å². The Morgan fingerprint density at radius 3 is 2.23 bits per heavy atom. The van der Waals surface area contributed by atoms with Crippen LogP contribution in [0.15, 0.2) is 57.3 Å². The zero-order valence-corrected chi connectivity index (χ0v) is 24.7. The van der Waals surface area contributed by atoms with Gasteiger partial charge in [0, 0.05) is 33.8 Å². The molecule has 39 heavy (non-hydrogen) atoms. The van der Waals surface area contributed by atoms with Crippen LogP contribution in [-0.4, -0.2) is 46.8 Å². The summed E-state index contributed by atoms with van der Waals surface area (Å²) >= 11 is 3.66. The molecular formula is C30H34BrNO7. The van der Waals surface area contributed by atoms with Crippen molar-refractivity contribution in [1.29, 1.82) is 0 Å². The Labute approximate surface area is 237 Å². The van der Waals surface area contributed by atoms with Crippen molar-refractivity contribution >= 4 is 27.7 Å². The molecule has 0 spiro atoms. The minimum Gasteiger partial charge on any atom is -0.493 e. The Hall–Kier alpha value is -3.46. The fraction of sp³-hybridized carbons (Fsp3) is 0.400. The van der Waals surface area contributed by atoms with Gasteiger partial charge in [-0.1, -0.05) is 28.9 Å². The molecule has 8 nitrogen and oxygen atoms in total. The summed E-state index contributed by atoms with van der Waals surface area (Å²) in [7, 11) is 6.30. The van der Waals surface area contributed by atoms with E-state index in [9.17, 15) is 9.59 Å². The molecule has 0 amide bonds. The number of rotatable bonds is 9. The van der Waals surface area contributed by atoms with Crippen molar-refractivity contribution in [2.45, 2.75) is 44.9 Å². The summed E-state index contributed by atoms with van der Waals surface area (Å²) in [5.74, 6) is 1.09. The first-order chi connectivity index (χ1) is 18.8. The van der Waals surface area contributed by atoms with Crippen molar-refractivity contribution in [2.75, 3.05) is 35.0 Å². The van der Waals surface area contributed by atoms with Gasteiger partial charge in [0.1, 0.15) is 0 Å². The number of methoxy groups -OCH3 is 4. The number of allylic oxidation sites excluding steroid dienone is 3. The first-order valence-electron chi connectivity index (χ1n) is 12.8. The molecule has 2 aromatic rings. The van der Waals surface area contributed by atoms with Crippen LogP contribution in [0.1, 0.15) is 56.1 Å². The van der Waals surface area contributed by atoms with E-state index in [0.717, 1.165) is 16.8 Å². The SMILES string of the molecule is CCCOC(=O)C1=C(C)NC2=C(C(=O)C[C@H](c3ccc(OC)c(OC)c3)C2)[C@H]1c1cc(OC)c(OC)cc1Br. The quantitative estimate of drug-likeness (QED) is 0.362. The van der Waals surface area contributed by atoms with Crippen LogP contribution in [0.2, 0.25) is 0 Å². The van der Waals surface area contributed by atoms with Gasteiger partial charge in [-0.25, -0.2) is 4.79 Å². The predicted molar refractivity (Wildman–Crippen MR) is 151 cm³/mol. The largest absolute Gasteiger partial charge is 0.493 e. The number of halogens is 1. The fourth-order valence-electron chi connectivity index (χ4n) is 5.33. The second-order valence-electron chi connectivity index (χ2n) is 9.50. The van der Waals surface area contributed by atoms with Gasteiger partial charge in [0.05, 0.1) is 40.6 Å². The molecule has 0 bridgehead atoms. The lowest BCUT2D eigenvalue weighted by Gasteiger charge is -2.37. The summed E-state index contributed by atoms with van der Waals surface area (Å²) in [6.45, 7) is 4.07. The highest BCUT2D eigenvalue weighted by Gasteiger charge is 2.42. The molecule has 2 atom stereocenters. The molecule has 9 heteroatoms. The highest BCUT2D eigenvalue weighted by molar-refractivity contribution is 9.10. The molecule has 0 saturated carbocycles. The number of dihydropyridines is 1. The molecule has 2 aromatic carbocycles. The maximum absolute atomic E-state index is 14.0. The van der Waals surface area contributed by atoms with Crippen LogP contribution in [0.3, 0.4) is 0 Å². The summed E-state index contributed by atoms with van der Waals surface area (Å²) in [5, 5.41) is 3.39. The average Bonchev–Trinajstić information content (AvgIpc) is 2.94. The van der Waals surface area contributed by atoms with Gasteiger partial charge in [0.2, 0.25) is 0 Å². The van der Waals surface area contributed by atoms with E-state index in [0.29, 0.717) is 57.2 Å². The first kappa shape index (κ1) is 28.5. The second kappa shape index (κ2) is 12.2. The Kier molecular flexibility index (Phi) is 8.90. The molecule has 1 aliphatic carbocycles. The first-order valence-corrected chi connectivity index (χ1v) is 13.6. The number of carbonyl (C=O) groups is 2. The van der Waals surface area contributed by atoms with Crippen molar-refractivity contribution in [3.05, 3.63) is 68.5 Å². The Morgan fingerprint density at radius 2 is 1.59 bits per heavy atom. The van der Waals surface area contributed by atoms with E-state index in [1.165, 1.54) is 0 Å². The number of nitrogens with one attached hydrogen (secondary N) is 1. The summed E-state index contributed by atoms with van der Waals surface area (Å²) in [5.41, 5.74) is 4.13. The van der Waals surface area contributed by atoms with Crippen molar-refractivity contribution in [2.24, 2.45) is 0 Å². The van der Waals surface area contributed by atoms with Crippen LogP contribution < -0.4 is 24.3 Å². The van der Waals surface area contributed by atoms with E-state index < -0.39 is 11.9 Å². The molecule has 1 N–H and O–H groups in total. The number of Topliss-reactive ketones (excluding diaryl/α,β-unsaturated/α-hetero) is 1. The smallest absolute Gasteiger partial charge is 0.336 e. The molecule has 0 aromatic heterocycles. The molecular weight excluding hydrogens is 566 g/mol. The van der Waals surface area contributed by atoms with Crippen molar-refractivity contribution < 1.29 is 33.3 Å². The van der Waals surface area contributed by atoms with Gasteiger partial charge in [-0.3, -0.25) is 4.79 Å². The summed E-state index contributed by atoms with van der Waals surface area (Å²) < 4.78 is 28.2. The molecule has 1 heterocycles. The highest BCUT2D eigenvalue weighted by Crippen LogP contribution is 2.49. The molecule has 1 aliphatic heterocycles. The van der Waals surface area contributed by atoms with Crippen LogP contribution >= 0.6 is 15.9 Å². The summed E-state index contributed by atoms with van der Waals surface area (Å²) in [6.07, 6.45) is 1.57. The Morgan fingerprint density at radius 1 is 0.949 bits per heavy atom. The van der Waals surface area contributed by atoms with Crippen LogP contribution in [0.4, 0.5) is 0 Å². The maximum atomic E-state index is 14.0. The third-order valence-electron chi connectivity index (χ3n) is 7.18. The zero-order valence-electron chi connectivity index (χ0n) is 23.1. The van der Waals surface area contributed by atoms with Gasteiger partial charge in [0.25, 0.3) is 0 Å².